The van der Waals surface area contributed by atoms with E-state index in [0.717, 1.165) is 6.54 Å². The van der Waals surface area contributed by atoms with Crippen molar-refractivity contribution in [1.82, 2.24) is 10.2 Å². The molecule has 110 valence electrons. The Labute approximate surface area is 121 Å². The lowest BCUT2D eigenvalue weighted by molar-refractivity contribution is 0.0195. The van der Waals surface area contributed by atoms with Gasteiger partial charge in [0.25, 0.3) is 0 Å². The second kappa shape index (κ2) is 5.83. The SMILES string of the molecule is Cc1cccc([C@H]2CN(C(=O)OC(C)(C)C)CCN2)c1. The zero-order valence-electron chi connectivity index (χ0n) is 12.8. The minimum Gasteiger partial charge on any atom is -0.444 e. The molecule has 0 saturated carbocycles. The quantitative estimate of drug-likeness (QED) is 0.857. The van der Waals surface area contributed by atoms with Crippen molar-refractivity contribution in [3.05, 3.63) is 35.4 Å². The molecule has 1 aliphatic rings. The Kier molecular flexibility index (Phi) is 4.33. The van der Waals surface area contributed by atoms with Crippen LogP contribution in [0.4, 0.5) is 4.79 Å². The highest BCUT2D eigenvalue weighted by Gasteiger charge is 2.27. The first-order chi connectivity index (χ1) is 9.35. The maximum Gasteiger partial charge on any atom is 0.410 e. The standard InChI is InChI=1S/C16H24N2O2/c1-12-6-5-7-13(10-12)14-11-18(9-8-17-14)15(19)20-16(2,3)4/h5-7,10,14,17H,8-9,11H2,1-4H3/t14-/m1/s1. The van der Waals surface area contributed by atoms with Crippen molar-refractivity contribution in [2.45, 2.75) is 39.3 Å². The minimum absolute atomic E-state index is 0.177. The molecule has 0 radical (unpaired) electrons. The van der Waals surface area contributed by atoms with Gasteiger partial charge in [-0.1, -0.05) is 29.8 Å². The van der Waals surface area contributed by atoms with Gasteiger partial charge in [-0.2, -0.15) is 0 Å². The van der Waals surface area contributed by atoms with E-state index in [0.29, 0.717) is 13.1 Å². The number of aryl methyl sites for hydroxylation is 1. The Balaban J connectivity index is 2.03. The number of hydrogen-bond acceptors (Lipinski definition) is 3. The van der Waals surface area contributed by atoms with Crippen molar-refractivity contribution in [1.29, 1.82) is 0 Å². The highest BCUT2D eigenvalue weighted by molar-refractivity contribution is 5.68. The number of carbonyl (C=O) groups is 1. The van der Waals surface area contributed by atoms with E-state index >= 15 is 0 Å². The Morgan fingerprint density at radius 3 is 2.80 bits per heavy atom. The average Bonchev–Trinajstić information content (AvgIpc) is 2.37. The van der Waals surface area contributed by atoms with Gasteiger partial charge in [-0.25, -0.2) is 4.79 Å². The molecule has 1 aliphatic heterocycles. The maximum atomic E-state index is 12.1. The van der Waals surface area contributed by atoms with Gasteiger partial charge in [-0.3, -0.25) is 0 Å². The zero-order valence-corrected chi connectivity index (χ0v) is 12.8. The normalized spacial score (nSPS) is 19.8. The third-order valence-corrected chi connectivity index (χ3v) is 3.27. The van der Waals surface area contributed by atoms with Crippen LogP contribution in [0.25, 0.3) is 0 Å². The molecular formula is C16H24N2O2. The Morgan fingerprint density at radius 1 is 1.40 bits per heavy atom. The molecule has 0 aromatic heterocycles. The number of nitrogens with zero attached hydrogens (tertiary/aromatic N) is 1. The molecule has 2 rings (SSSR count). The summed E-state index contributed by atoms with van der Waals surface area (Å²) in [5, 5.41) is 3.46. The number of amides is 1. The van der Waals surface area contributed by atoms with Crippen LogP contribution in [0.1, 0.15) is 37.9 Å². The molecule has 1 heterocycles. The third-order valence-electron chi connectivity index (χ3n) is 3.27. The Morgan fingerprint density at radius 2 is 2.15 bits per heavy atom. The number of benzene rings is 1. The van der Waals surface area contributed by atoms with E-state index in [4.69, 9.17) is 4.74 Å². The zero-order chi connectivity index (χ0) is 14.8. The largest absolute Gasteiger partial charge is 0.444 e. The van der Waals surface area contributed by atoms with E-state index in [-0.39, 0.29) is 12.1 Å². The molecule has 4 nitrogen and oxygen atoms in total. The molecule has 0 spiro atoms. The molecule has 0 bridgehead atoms. The summed E-state index contributed by atoms with van der Waals surface area (Å²) in [6.45, 7) is 9.90. The van der Waals surface area contributed by atoms with E-state index in [1.807, 2.05) is 20.8 Å². The van der Waals surface area contributed by atoms with Crippen LogP contribution in [-0.4, -0.2) is 36.2 Å². The van der Waals surface area contributed by atoms with Crippen LogP contribution >= 0.6 is 0 Å². The predicted molar refractivity (Wildman–Crippen MR) is 79.7 cm³/mol. The summed E-state index contributed by atoms with van der Waals surface area (Å²) in [4.78, 5) is 13.9. The molecule has 1 aromatic rings. The molecule has 4 heteroatoms. The van der Waals surface area contributed by atoms with Gasteiger partial charge >= 0.3 is 6.09 Å². The molecule has 1 fully saturated rings. The molecule has 1 saturated heterocycles. The number of carbonyl (C=O) groups excluding carboxylic acids is 1. The van der Waals surface area contributed by atoms with E-state index in [9.17, 15) is 4.79 Å². The number of hydrogen-bond donors (Lipinski definition) is 1. The summed E-state index contributed by atoms with van der Waals surface area (Å²) in [5.41, 5.74) is 2.01. The molecule has 0 unspecified atom stereocenters. The van der Waals surface area contributed by atoms with E-state index < -0.39 is 5.60 Å². The van der Waals surface area contributed by atoms with Crippen molar-refractivity contribution in [3.8, 4) is 0 Å². The van der Waals surface area contributed by atoms with Gasteiger partial charge in [-0.05, 0) is 33.3 Å². The predicted octanol–water partition coefficient (Wildman–Crippen LogP) is 2.88. The van der Waals surface area contributed by atoms with Crippen LogP contribution in [0.5, 0.6) is 0 Å². The summed E-state index contributed by atoms with van der Waals surface area (Å²) < 4.78 is 5.44. The fraction of sp³-hybridized carbons (Fsp3) is 0.562. The molecular weight excluding hydrogens is 252 g/mol. The average molecular weight is 276 g/mol. The number of nitrogens with one attached hydrogen (secondary N) is 1. The van der Waals surface area contributed by atoms with Crippen molar-refractivity contribution < 1.29 is 9.53 Å². The van der Waals surface area contributed by atoms with Crippen molar-refractivity contribution in [2.24, 2.45) is 0 Å². The fourth-order valence-electron chi connectivity index (χ4n) is 2.35. The van der Waals surface area contributed by atoms with Gasteiger partial charge in [0.2, 0.25) is 0 Å². The van der Waals surface area contributed by atoms with Gasteiger partial charge in [0.15, 0.2) is 0 Å². The number of rotatable bonds is 1. The summed E-state index contributed by atoms with van der Waals surface area (Å²) >= 11 is 0. The summed E-state index contributed by atoms with van der Waals surface area (Å²) in [6.07, 6.45) is -0.225. The summed E-state index contributed by atoms with van der Waals surface area (Å²) in [7, 11) is 0. The van der Waals surface area contributed by atoms with Crippen LogP contribution in [0.3, 0.4) is 0 Å². The molecule has 1 N–H and O–H groups in total. The number of ether oxygens (including phenoxy) is 1. The van der Waals surface area contributed by atoms with Gasteiger partial charge in [0.05, 0.1) is 6.04 Å². The first-order valence-corrected chi connectivity index (χ1v) is 7.13. The van der Waals surface area contributed by atoms with Crippen LogP contribution in [0.15, 0.2) is 24.3 Å². The van der Waals surface area contributed by atoms with E-state index in [1.54, 1.807) is 4.90 Å². The monoisotopic (exact) mass is 276 g/mol. The van der Waals surface area contributed by atoms with E-state index in [2.05, 4.69) is 36.5 Å². The first-order valence-electron chi connectivity index (χ1n) is 7.13. The number of piperazine rings is 1. The summed E-state index contributed by atoms with van der Waals surface area (Å²) in [5.74, 6) is 0. The topological polar surface area (TPSA) is 41.6 Å². The first kappa shape index (κ1) is 14.9. The Bertz CT molecular complexity index is 480. The molecule has 1 atom stereocenters. The van der Waals surface area contributed by atoms with Crippen LogP contribution in [0.2, 0.25) is 0 Å². The van der Waals surface area contributed by atoms with Gasteiger partial charge < -0.3 is 15.0 Å². The maximum absolute atomic E-state index is 12.1. The van der Waals surface area contributed by atoms with Crippen molar-refractivity contribution >= 4 is 6.09 Å². The fourth-order valence-corrected chi connectivity index (χ4v) is 2.35. The van der Waals surface area contributed by atoms with Crippen LogP contribution in [0, 0.1) is 6.92 Å². The highest BCUT2D eigenvalue weighted by atomic mass is 16.6. The molecule has 1 aromatic carbocycles. The van der Waals surface area contributed by atoms with Gasteiger partial charge in [0, 0.05) is 19.6 Å². The summed E-state index contributed by atoms with van der Waals surface area (Å²) in [6, 6.07) is 8.58. The molecule has 0 aliphatic carbocycles. The van der Waals surface area contributed by atoms with Gasteiger partial charge in [-0.15, -0.1) is 0 Å². The highest BCUT2D eigenvalue weighted by Crippen LogP contribution is 2.20. The lowest BCUT2D eigenvalue weighted by atomic mass is 10.0. The molecule has 20 heavy (non-hydrogen) atoms. The van der Waals surface area contributed by atoms with Gasteiger partial charge in [0.1, 0.15) is 5.60 Å². The lowest BCUT2D eigenvalue weighted by Crippen LogP contribution is -2.49. The lowest BCUT2D eigenvalue weighted by Gasteiger charge is -2.35. The second-order valence-corrected chi connectivity index (χ2v) is 6.35. The smallest absolute Gasteiger partial charge is 0.410 e. The second-order valence-electron chi connectivity index (χ2n) is 6.35. The minimum atomic E-state index is -0.444. The van der Waals surface area contributed by atoms with E-state index in [1.165, 1.54) is 11.1 Å². The van der Waals surface area contributed by atoms with Crippen LogP contribution < -0.4 is 5.32 Å². The molecule has 1 amide bonds. The Hall–Kier alpha value is -1.55. The van der Waals surface area contributed by atoms with Crippen LogP contribution in [-0.2, 0) is 4.74 Å². The van der Waals surface area contributed by atoms with Crippen molar-refractivity contribution in [3.63, 3.8) is 0 Å². The third kappa shape index (κ3) is 3.97. The van der Waals surface area contributed by atoms with Crippen molar-refractivity contribution in [2.75, 3.05) is 19.6 Å².